The zero-order valence-corrected chi connectivity index (χ0v) is 7.27. The highest BCUT2D eigenvalue weighted by atomic mass is 19.4. The van der Waals surface area contributed by atoms with E-state index in [9.17, 15) is 18.0 Å². The van der Waals surface area contributed by atoms with Gasteiger partial charge < -0.3 is 5.32 Å². The van der Waals surface area contributed by atoms with E-state index in [-0.39, 0.29) is 0 Å². The largest absolute Gasteiger partial charge is 0.400 e. The Balaban J connectivity index is 4.22. The van der Waals surface area contributed by atoms with Crippen molar-refractivity contribution in [2.75, 3.05) is 0 Å². The molecule has 1 amide bonds. The predicted molar refractivity (Wildman–Crippen MR) is 41.7 cm³/mol. The van der Waals surface area contributed by atoms with Crippen molar-refractivity contribution in [3.63, 3.8) is 0 Å². The molecule has 0 rings (SSSR count). The molecule has 2 nitrogen and oxygen atoms in total. The van der Waals surface area contributed by atoms with Gasteiger partial charge in [-0.2, -0.15) is 13.2 Å². The molecule has 0 aliphatic carbocycles. The SMILES string of the molecule is C#CC(C)NC(=O)C(C)C(F)(F)F. The lowest BCUT2D eigenvalue weighted by Crippen LogP contribution is -2.41. The van der Waals surface area contributed by atoms with E-state index in [1.165, 1.54) is 6.92 Å². The van der Waals surface area contributed by atoms with E-state index in [0.29, 0.717) is 0 Å². The zero-order chi connectivity index (χ0) is 10.6. The van der Waals surface area contributed by atoms with E-state index in [2.05, 4.69) is 5.92 Å². The maximum absolute atomic E-state index is 11.9. The molecule has 0 aliphatic rings. The number of terminal acetylenes is 1. The van der Waals surface area contributed by atoms with Gasteiger partial charge in [0.15, 0.2) is 0 Å². The van der Waals surface area contributed by atoms with Crippen LogP contribution < -0.4 is 5.32 Å². The molecule has 2 atom stereocenters. The Bertz CT molecular complexity index is 229. The lowest BCUT2D eigenvalue weighted by molar-refractivity contribution is -0.179. The fourth-order valence-electron chi connectivity index (χ4n) is 0.529. The Labute approximate surface area is 74.5 Å². The van der Waals surface area contributed by atoms with Crippen LogP contribution in [0, 0.1) is 18.3 Å². The lowest BCUT2D eigenvalue weighted by atomic mass is 10.1. The summed E-state index contributed by atoms with van der Waals surface area (Å²) in [5.41, 5.74) is 0. The van der Waals surface area contributed by atoms with Gasteiger partial charge in [0.1, 0.15) is 5.92 Å². The van der Waals surface area contributed by atoms with E-state index < -0.39 is 24.0 Å². The molecule has 0 bridgehead atoms. The molecule has 0 radical (unpaired) electrons. The van der Waals surface area contributed by atoms with Crippen molar-refractivity contribution in [1.82, 2.24) is 5.32 Å². The van der Waals surface area contributed by atoms with Crippen LogP contribution in [-0.4, -0.2) is 18.1 Å². The third-order valence-corrected chi connectivity index (χ3v) is 1.49. The molecule has 0 spiro atoms. The minimum atomic E-state index is -4.52. The van der Waals surface area contributed by atoms with Crippen LogP contribution in [0.25, 0.3) is 0 Å². The number of nitrogens with one attached hydrogen (secondary N) is 1. The average Bonchev–Trinajstić information content (AvgIpc) is 2.01. The number of hydrogen-bond donors (Lipinski definition) is 1. The molecule has 0 aromatic heterocycles. The smallest absolute Gasteiger partial charge is 0.342 e. The molecule has 0 aliphatic heterocycles. The minimum Gasteiger partial charge on any atom is -0.342 e. The van der Waals surface area contributed by atoms with Crippen LogP contribution >= 0.6 is 0 Å². The second-order valence-corrected chi connectivity index (χ2v) is 2.66. The molecule has 13 heavy (non-hydrogen) atoms. The van der Waals surface area contributed by atoms with Crippen molar-refractivity contribution in [3.8, 4) is 12.3 Å². The molecule has 0 fully saturated rings. The van der Waals surface area contributed by atoms with Gasteiger partial charge in [-0.05, 0) is 13.8 Å². The zero-order valence-electron chi connectivity index (χ0n) is 7.27. The van der Waals surface area contributed by atoms with Gasteiger partial charge in [-0.25, -0.2) is 0 Å². The highest BCUT2D eigenvalue weighted by Gasteiger charge is 2.41. The summed E-state index contributed by atoms with van der Waals surface area (Å²) in [7, 11) is 0. The van der Waals surface area contributed by atoms with Crippen LogP contribution in [0.5, 0.6) is 0 Å². The van der Waals surface area contributed by atoms with Crippen LogP contribution in [0.2, 0.25) is 0 Å². The molecular weight excluding hydrogens is 183 g/mol. The van der Waals surface area contributed by atoms with Gasteiger partial charge in [-0.1, -0.05) is 5.92 Å². The van der Waals surface area contributed by atoms with Crippen molar-refractivity contribution in [1.29, 1.82) is 0 Å². The number of alkyl halides is 3. The van der Waals surface area contributed by atoms with Gasteiger partial charge in [-0.3, -0.25) is 4.79 Å². The van der Waals surface area contributed by atoms with Crippen molar-refractivity contribution >= 4 is 5.91 Å². The number of rotatable bonds is 2. The summed E-state index contributed by atoms with van der Waals surface area (Å²) in [6.07, 6.45) is 0.368. The first-order chi connectivity index (χ1) is 5.79. The van der Waals surface area contributed by atoms with Crippen LogP contribution in [-0.2, 0) is 4.79 Å². The Morgan fingerprint density at radius 2 is 1.92 bits per heavy atom. The van der Waals surface area contributed by atoms with Crippen LogP contribution in [0.3, 0.4) is 0 Å². The molecule has 0 aromatic rings. The van der Waals surface area contributed by atoms with Gasteiger partial charge in [0.05, 0.1) is 6.04 Å². The number of hydrogen-bond acceptors (Lipinski definition) is 1. The molecular formula is C8H10F3NO. The summed E-state index contributed by atoms with van der Waals surface area (Å²) in [4.78, 5) is 10.8. The third-order valence-electron chi connectivity index (χ3n) is 1.49. The van der Waals surface area contributed by atoms with Gasteiger partial charge in [0.2, 0.25) is 5.91 Å². The first-order valence-corrected chi connectivity index (χ1v) is 3.62. The van der Waals surface area contributed by atoms with Crippen LogP contribution in [0.1, 0.15) is 13.8 Å². The molecule has 1 N–H and O–H groups in total. The van der Waals surface area contributed by atoms with Crippen LogP contribution in [0.15, 0.2) is 0 Å². The second-order valence-electron chi connectivity index (χ2n) is 2.66. The number of halogens is 3. The second kappa shape index (κ2) is 4.17. The van der Waals surface area contributed by atoms with Crippen LogP contribution in [0.4, 0.5) is 13.2 Å². The summed E-state index contributed by atoms with van der Waals surface area (Å²) in [5, 5.41) is 2.04. The highest BCUT2D eigenvalue weighted by molar-refractivity contribution is 5.79. The number of carbonyl (C=O) groups is 1. The molecule has 0 saturated heterocycles. The fraction of sp³-hybridized carbons (Fsp3) is 0.625. The maximum Gasteiger partial charge on any atom is 0.400 e. The Morgan fingerprint density at radius 1 is 1.46 bits per heavy atom. The van der Waals surface area contributed by atoms with E-state index in [4.69, 9.17) is 6.42 Å². The van der Waals surface area contributed by atoms with Crippen molar-refractivity contribution in [2.45, 2.75) is 26.1 Å². The van der Waals surface area contributed by atoms with E-state index in [1.54, 1.807) is 0 Å². The molecule has 0 heterocycles. The van der Waals surface area contributed by atoms with Gasteiger partial charge in [0.25, 0.3) is 0 Å². The van der Waals surface area contributed by atoms with Crippen molar-refractivity contribution < 1.29 is 18.0 Å². The summed E-state index contributed by atoms with van der Waals surface area (Å²) < 4.78 is 35.8. The topological polar surface area (TPSA) is 29.1 Å². The van der Waals surface area contributed by atoms with Crippen molar-refractivity contribution in [3.05, 3.63) is 0 Å². The molecule has 74 valence electrons. The highest BCUT2D eigenvalue weighted by Crippen LogP contribution is 2.25. The minimum absolute atomic E-state index is 0.683. The number of carbonyl (C=O) groups excluding carboxylic acids is 1. The average molecular weight is 193 g/mol. The summed E-state index contributed by atoms with van der Waals surface area (Å²) in [5.74, 6) is -1.02. The van der Waals surface area contributed by atoms with E-state index in [1.807, 2.05) is 5.32 Å². The Hall–Kier alpha value is -1.18. The molecule has 5 heteroatoms. The summed E-state index contributed by atoms with van der Waals surface area (Å²) in [6.45, 7) is 2.22. The summed E-state index contributed by atoms with van der Waals surface area (Å²) in [6, 6.07) is -0.683. The van der Waals surface area contributed by atoms with Gasteiger partial charge in [0, 0.05) is 0 Å². The monoisotopic (exact) mass is 193 g/mol. The molecule has 0 saturated carbocycles. The fourth-order valence-corrected chi connectivity index (χ4v) is 0.529. The quantitative estimate of drug-likeness (QED) is 0.658. The normalized spacial score (nSPS) is 15.7. The standard InChI is InChI=1S/C8H10F3NO/c1-4-5(2)12-7(13)6(3)8(9,10)11/h1,5-6H,2-3H3,(H,12,13). The Morgan fingerprint density at radius 3 is 2.23 bits per heavy atom. The molecule has 2 unspecified atom stereocenters. The first kappa shape index (κ1) is 11.8. The molecule has 0 aromatic carbocycles. The van der Waals surface area contributed by atoms with Gasteiger partial charge >= 0.3 is 6.18 Å². The van der Waals surface area contributed by atoms with E-state index in [0.717, 1.165) is 6.92 Å². The third kappa shape index (κ3) is 3.83. The first-order valence-electron chi connectivity index (χ1n) is 3.62. The maximum atomic E-state index is 11.9. The van der Waals surface area contributed by atoms with E-state index >= 15 is 0 Å². The lowest BCUT2D eigenvalue weighted by Gasteiger charge is -2.16. The van der Waals surface area contributed by atoms with Crippen molar-refractivity contribution in [2.24, 2.45) is 5.92 Å². The number of amides is 1. The summed E-state index contributed by atoms with van der Waals surface area (Å²) >= 11 is 0. The Kier molecular flexibility index (Phi) is 3.79. The van der Waals surface area contributed by atoms with Gasteiger partial charge in [-0.15, -0.1) is 6.42 Å². The predicted octanol–water partition coefficient (Wildman–Crippen LogP) is 1.32.